The molecule has 1 fully saturated rings. The van der Waals surface area contributed by atoms with Crippen LogP contribution in [-0.4, -0.2) is 93.6 Å². The predicted molar refractivity (Wildman–Crippen MR) is 230 cm³/mol. The molecule has 1 saturated heterocycles. The van der Waals surface area contributed by atoms with Gasteiger partial charge in [0.05, 0.1) is 6.54 Å². The average Bonchev–Trinajstić information content (AvgIpc) is 3.83. The summed E-state index contributed by atoms with van der Waals surface area (Å²) in [7, 11) is 0. The summed E-state index contributed by atoms with van der Waals surface area (Å²) in [6.45, 7) is 3.75. The first kappa shape index (κ1) is 45.6. The minimum atomic E-state index is -1.25. The fraction of sp³-hybridized carbons (Fsp3) is 0.413. The standard InChI is InChI=1S/C46H57N7O8/c1-3-5-15-36(43(58)47-25-24-30-12-8-7-9-13-30)51-45(60)38(27-32-28-48-35-17-11-10-14-34(32)35)50-40(55)29-49-44(59)37(16-6-4-2)52-46(61)39(53-41(56)22-23-42(53)57)26-31-18-20-33(54)21-19-31/h7-14,17-21,28,36-39,48,54H,3-6,15-16,22-27,29H2,1-2H3,(H,47,58)(H,49,59)(H,50,55)(H,51,60)(H,52,61)/t36-,37-,38+,39-/m0/s1. The van der Waals surface area contributed by atoms with Gasteiger partial charge in [0.25, 0.3) is 0 Å². The topological polar surface area (TPSA) is 219 Å². The van der Waals surface area contributed by atoms with Crippen LogP contribution in [0.25, 0.3) is 10.9 Å². The molecule has 3 aromatic carbocycles. The number of phenolic OH excluding ortho intramolecular Hbond substituents is 1. The lowest BCUT2D eigenvalue weighted by atomic mass is 10.0. The smallest absolute Gasteiger partial charge is 0.244 e. The number of H-pyrrole nitrogens is 1. The van der Waals surface area contributed by atoms with Gasteiger partial charge in [0, 0.05) is 49.3 Å². The van der Waals surface area contributed by atoms with Crippen LogP contribution in [0, 0.1) is 0 Å². The molecule has 5 rings (SSSR count). The summed E-state index contributed by atoms with van der Waals surface area (Å²) in [4.78, 5) is 98.3. The molecule has 15 nitrogen and oxygen atoms in total. The number of hydrogen-bond acceptors (Lipinski definition) is 8. The molecule has 2 heterocycles. The number of imide groups is 1. The van der Waals surface area contributed by atoms with Gasteiger partial charge in [-0.25, -0.2) is 0 Å². The molecule has 0 radical (unpaired) electrons. The lowest BCUT2D eigenvalue weighted by Crippen LogP contribution is -2.57. The van der Waals surface area contributed by atoms with Crippen molar-refractivity contribution in [3.8, 4) is 5.75 Å². The molecule has 324 valence electrons. The van der Waals surface area contributed by atoms with Gasteiger partial charge < -0.3 is 36.7 Å². The number of nitrogens with zero attached hydrogens (tertiary/aromatic N) is 1. The Morgan fingerprint density at radius 2 is 1.28 bits per heavy atom. The summed E-state index contributed by atoms with van der Waals surface area (Å²) in [5.41, 5.74) is 3.26. The lowest BCUT2D eigenvalue weighted by Gasteiger charge is -2.28. The Labute approximate surface area is 355 Å². The molecule has 4 aromatic rings. The van der Waals surface area contributed by atoms with Gasteiger partial charge in [-0.3, -0.25) is 38.5 Å². The fourth-order valence-corrected chi connectivity index (χ4v) is 7.36. The predicted octanol–water partition coefficient (Wildman–Crippen LogP) is 3.49. The van der Waals surface area contributed by atoms with E-state index in [1.54, 1.807) is 18.3 Å². The van der Waals surface area contributed by atoms with Crippen molar-refractivity contribution in [2.75, 3.05) is 13.1 Å². The van der Waals surface area contributed by atoms with Crippen molar-refractivity contribution in [1.82, 2.24) is 36.5 Å². The average molecular weight is 836 g/mol. The van der Waals surface area contributed by atoms with Crippen molar-refractivity contribution in [3.05, 3.63) is 102 Å². The van der Waals surface area contributed by atoms with Gasteiger partial charge in [0.1, 0.15) is 29.9 Å². The van der Waals surface area contributed by atoms with Crippen LogP contribution in [0.3, 0.4) is 0 Å². The van der Waals surface area contributed by atoms with Gasteiger partial charge in [-0.05, 0) is 54.2 Å². The summed E-state index contributed by atoms with van der Waals surface area (Å²) in [5, 5.41) is 24.5. The maximum atomic E-state index is 14.1. The quantitative estimate of drug-likeness (QED) is 0.0548. The van der Waals surface area contributed by atoms with E-state index in [0.29, 0.717) is 44.2 Å². The molecule has 0 unspecified atom stereocenters. The van der Waals surface area contributed by atoms with Crippen LogP contribution in [0.1, 0.15) is 81.9 Å². The number of carbonyl (C=O) groups excluding carboxylic acids is 7. The van der Waals surface area contributed by atoms with E-state index < -0.39 is 66.2 Å². The molecule has 7 N–H and O–H groups in total. The summed E-state index contributed by atoms with van der Waals surface area (Å²) in [5.74, 6) is -3.93. The molecule has 1 aliphatic heterocycles. The summed E-state index contributed by atoms with van der Waals surface area (Å²) >= 11 is 0. The number of nitrogens with one attached hydrogen (secondary N) is 6. The zero-order valence-corrected chi connectivity index (χ0v) is 34.8. The number of phenols is 1. The molecule has 1 aliphatic rings. The number of likely N-dealkylation sites (tertiary alicyclic amines) is 1. The van der Waals surface area contributed by atoms with E-state index >= 15 is 0 Å². The second-order valence-electron chi connectivity index (χ2n) is 15.4. The van der Waals surface area contributed by atoms with Crippen molar-refractivity contribution in [2.45, 2.75) is 109 Å². The van der Waals surface area contributed by atoms with Gasteiger partial charge in [0.15, 0.2) is 0 Å². The highest BCUT2D eigenvalue weighted by Crippen LogP contribution is 2.22. The zero-order valence-electron chi connectivity index (χ0n) is 34.8. The van der Waals surface area contributed by atoms with E-state index in [9.17, 15) is 38.7 Å². The van der Waals surface area contributed by atoms with Gasteiger partial charge in [-0.15, -0.1) is 0 Å². The van der Waals surface area contributed by atoms with Crippen molar-refractivity contribution < 1.29 is 38.7 Å². The van der Waals surface area contributed by atoms with Crippen molar-refractivity contribution in [1.29, 1.82) is 0 Å². The zero-order chi connectivity index (χ0) is 43.7. The van der Waals surface area contributed by atoms with E-state index in [-0.39, 0.29) is 43.8 Å². The van der Waals surface area contributed by atoms with E-state index in [1.807, 2.05) is 68.4 Å². The highest BCUT2D eigenvalue weighted by atomic mass is 16.3. The van der Waals surface area contributed by atoms with Gasteiger partial charge in [-0.1, -0.05) is 100 Å². The van der Waals surface area contributed by atoms with Crippen LogP contribution in [0.15, 0.2) is 85.1 Å². The van der Waals surface area contributed by atoms with Crippen molar-refractivity contribution in [2.24, 2.45) is 0 Å². The lowest BCUT2D eigenvalue weighted by molar-refractivity contribution is -0.147. The van der Waals surface area contributed by atoms with E-state index in [0.717, 1.165) is 33.4 Å². The number of benzene rings is 3. The number of aromatic amines is 1. The third-order valence-corrected chi connectivity index (χ3v) is 10.8. The first-order chi connectivity index (χ1) is 29.5. The number of carbonyl (C=O) groups is 7. The molecule has 4 atom stereocenters. The van der Waals surface area contributed by atoms with E-state index in [4.69, 9.17) is 0 Å². The second-order valence-corrected chi connectivity index (χ2v) is 15.4. The first-order valence-electron chi connectivity index (χ1n) is 21.1. The summed E-state index contributed by atoms with van der Waals surface area (Å²) in [6, 6.07) is 19.0. The minimum Gasteiger partial charge on any atom is -0.508 e. The summed E-state index contributed by atoms with van der Waals surface area (Å²) in [6.07, 6.45) is 5.67. The number of para-hydroxylation sites is 1. The van der Waals surface area contributed by atoms with E-state index in [1.165, 1.54) is 12.1 Å². The monoisotopic (exact) mass is 835 g/mol. The molecule has 7 amide bonds. The highest BCUT2D eigenvalue weighted by Gasteiger charge is 2.40. The first-order valence-corrected chi connectivity index (χ1v) is 21.1. The number of hydrogen-bond donors (Lipinski definition) is 7. The SMILES string of the molecule is CCCC[C@H](NC(=O)[C@@H](Cc1c[nH]c2ccccc12)NC(=O)CNC(=O)[C@H](CCCC)NC(=O)[C@H](Cc1ccc(O)cc1)N1C(=O)CCC1=O)C(=O)NCCc1ccccc1. The van der Waals surface area contributed by atoms with Crippen LogP contribution in [0.2, 0.25) is 0 Å². The van der Waals surface area contributed by atoms with E-state index in [2.05, 4.69) is 31.6 Å². The minimum absolute atomic E-state index is 0.0112. The van der Waals surface area contributed by atoms with Crippen LogP contribution in [0.5, 0.6) is 5.75 Å². The third-order valence-electron chi connectivity index (χ3n) is 10.8. The van der Waals surface area contributed by atoms with Crippen LogP contribution < -0.4 is 26.6 Å². The molecular formula is C46H57N7O8. The number of aromatic hydroxyl groups is 1. The van der Waals surface area contributed by atoms with Crippen molar-refractivity contribution in [3.63, 3.8) is 0 Å². The third kappa shape index (κ3) is 13.2. The maximum Gasteiger partial charge on any atom is 0.244 e. The summed E-state index contributed by atoms with van der Waals surface area (Å²) < 4.78 is 0. The molecule has 0 bridgehead atoms. The van der Waals surface area contributed by atoms with Crippen LogP contribution >= 0.6 is 0 Å². The second kappa shape index (κ2) is 22.7. The Morgan fingerprint density at radius 1 is 0.672 bits per heavy atom. The fourth-order valence-electron chi connectivity index (χ4n) is 7.36. The Kier molecular flexibility index (Phi) is 17.0. The molecule has 0 aliphatic carbocycles. The Bertz CT molecular complexity index is 2120. The largest absolute Gasteiger partial charge is 0.508 e. The number of unbranched alkanes of at least 4 members (excludes halogenated alkanes) is 2. The normalized spacial score (nSPS) is 14.5. The van der Waals surface area contributed by atoms with Gasteiger partial charge >= 0.3 is 0 Å². The Balaban J connectivity index is 1.27. The molecule has 1 aromatic heterocycles. The Morgan fingerprint density at radius 3 is 1.93 bits per heavy atom. The Hall–Kier alpha value is -6.51. The number of fused-ring (bicyclic) bond motifs is 1. The molecule has 0 saturated carbocycles. The number of aromatic nitrogens is 1. The highest BCUT2D eigenvalue weighted by molar-refractivity contribution is 6.06. The van der Waals surface area contributed by atoms with Crippen LogP contribution in [-0.2, 0) is 52.8 Å². The van der Waals surface area contributed by atoms with Gasteiger partial charge in [0.2, 0.25) is 41.4 Å². The van der Waals surface area contributed by atoms with Crippen molar-refractivity contribution >= 4 is 52.3 Å². The number of amides is 7. The number of rotatable bonds is 23. The molecule has 15 heteroatoms. The van der Waals surface area contributed by atoms with Gasteiger partial charge in [-0.2, -0.15) is 0 Å². The maximum absolute atomic E-state index is 14.1. The molecule has 0 spiro atoms. The molecular weight excluding hydrogens is 779 g/mol. The van der Waals surface area contributed by atoms with Crippen LogP contribution in [0.4, 0.5) is 0 Å². The molecule has 61 heavy (non-hydrogen) atoms.